The van der Waals surface area contributed by atoms with E-state index in [1.165, 1.54) is 0 Å². The van der Waals surface area contributed by atoms with E-state index >= 15 is 0 Å². The highest BCUT2D eigenvalue weighted by Crippen LogP contribution is 2.15. The van der Waals surface area contributed by atoms with Crippen molar-refractivity contribution in [1.82, 2.24) is 9.78 Å². The standard InChI is InChI=1S/C14H16N2O2/c1-3-16-10-12(9-15-16)14(17)11-5-7-13(8-6-11)18-4-2/h5-10H,3-4H2,1-2H3. The molecule has 0 fully saturated rings. The molecule has 0 N–H and O–H groups in total. The smallest absolute Gasteiger partial charge is 0.196 e. The van der Waals surface area contributed by atoms with E-state index in [1.54, 1.807) is 41.3 Å². The van der Waals surface area contributed by atoms with Crippen molar-refractivity contribution < 1.29 is 9.53 Å². The molecule has 0 radical (unpaired) electrons. The van der Waals surface area contributed by atoms with Crippen molar-refractivity contribution in [1.29, 1.82) is 0 Å². The molecule has 0 saturated heterocycles. The van der Waals surface area contributed by atoms with Crippen LogP contribution in [0.4, 0.5) is 0 Å². The number of ether oxygens (including phenoxy) is 1. The van der Waals surface area contributed by atoms with E-state index in [2.05, 4.69) is 5.10 Å². The molecule has 0 aliphatic rings. The molecule has 0 aliphatic heterocycles. The SMILES string of the molecule is CCOc1ccc(C(=O)c2cnn(CC)c2)cc1. The number of carbonyl (C=O) groups excluding carboxylic acids is 1. The number of hydrogen-bond donors (Lipinski definition) is 0. The number of ketones is 1. The molecule has 1 heterocycles. The molecule has 4 heteroatoms. The third-order valence-electron chi connectivity index (χ3n) is 2.65. The summed E-state index contributed by atoms with van der Waals surface area (Å²) in [5.41, 5.74) is 1.26. The van der Waals surface area contributed by atoms with Crippen LogP contribution in [0.5, 0.6) is 5.75 Å². The van der Waals surface area contributed by atoms with Crippen LogP contribution < -0.4 is 4.74 Å². The molecule has 2 rings (SSSR count). The molecule has 0 saturated carbocycles. The van der Waals surface area contributed by atoms with Gasteiger partial charge in [0.25, 0.3) is 0 Å². The lowest BCUT2D eigenvalue weighted by molar-refractivity contribution is 0.103. The monoisotopic (exact) mass is 244 g/mol. The molecule has 0 unspecified atom stereocenters. The Labute approximate surface area is 106 Å². The van der Waals surface area contributed by atoms with Gasteiger partial charge in [0.2, 0.25) is 0 Å². The zero-order chi connectivity index (χ0) is 13.0. The quantitative estimate of drug-likeness (QED) is 0.759. The summed E-state index contributed by atoms with van der Waals surface area (Å²) in [5.74, 6) is 0.760. The van der Waals surface area contributed by atoms with Crippen molar-refractivity contribution in [2.45, 2.75) is 20.4 Å². The number of aromatic nitrogens is 2. The Morgan fingerprint density at radius 2 is 1.94 bits per heavy atom. The molecule has 0 aliphatic carbocycles. The van der Waals surface area contributed by atoms with E-state index in [-0.39, 0.29) is 5.78 Å². The molecule has 0 amide bonds. The number of benzene rings is 1. The average molecular weight is 244 g/mol. The minimum Gasteiger partial charge on any atom is -0.494 e. The van der Waals surface area contributed by atoms with Crippen LogP contribution in [0.15, 0.2) is 36.7 Å². The average Bonchev–Trinajstić information content (AvgIpc) is 2.88. The minimum atomic E-state index is -0.0160. The second-order valence-electron chi connectivity index (χ2n) is 3.87. The molecule has 2 aromatic rings. The van der Waals surface area contributed by atoms with Crippen LogP contribution >= 0.6 is 0 Å². The first-order valence-electron chi connectivity index (χ1n) is 6.04. The van der Waals surface area contributed by atoms with Crippen molar-refractivity contribution in [2.24, 2.45) is 0 Å². The Morgan fingerprint density at radius 1 is 1.22 bits per heavy atom. The highest BCUT2D eigenvalue weighted by molar-refractivity contribution is 6.08. The summed E-state index contributed by atoms with van der Waals surface area (Å²) in [4.78, 5) is 12.2. The van der Waals surface area contributed by atoms with Crippen molar-refractivity contribution in [3.8, 4) is 5.75 Å². The van der Waals surface area contributed by atoms with Crippen molar-refractivity contribution in [3.05, 3.63) is 47.8 Å². The van der Waals surface area contributed by atoms with Gasteiger partial charge in [-0.15, -0.1) is 0 Å². The molecule has 94 valence electrons. The molecule has 1 aromatic carbocycles. The van der Waals surface area contributed by atoms with E-state index < -0.39 is 0 Å². The molecule has 0 bridgehead atoms. The molecular formula is C14H16N2O2. The van der Waals surface area contributed by atoms with E-state index in [4.69, 9.17) is 4.74 Å². The largest absolute Gasteiger partial charge is 0.494 e. The third-order valence-corrected chi connectivity index (χ3v) is 2.65. The molecule has 0 spiro atoms. The fraction of sp³-hybridized carbons (Fsp3) is 0.286. The topological polar surface area (TPSA) is 44.1 Å². The van der Waals surface area contributed by atoms with Crippen LogP contribution in [-0.4, -0.2) is 22.2 Å². The van der Waals surface area contributed by atoms with Crippen molar-refractivity contribution in [3.63, 3.8) is 0 Å². The molecular weight excluding hydrogens is 228 g/mol. The molecule has 1 aromatic heterocycles. The summed E-state index contributed by atoms with van der Waals surface area (Å²) in [6.45, 7) is 5.30. The van der Waals surface area contributed by atoms with Crippen LogP contribution in [-0.2, 0) is 6.54 Å². The zero-order valence-corrected chi connectivity index (χ0v) is 10.6. The first kappa shape index (κ1) is 12.4. The van der Waals surface area contributed by atoms with E-state index in [1.807, 2.05) is 13.8 Å². The van der Waals surface area contributed by atoms with E-state index in [0.29, 0.717) is 17.7 Å². The Kier molecular flexibility index (Phi) is 3.77. The van der Waals surface area contributed by atoms with Crippen LogP contribution in [0.2, 0.25) is 0 Å². The van der Waals surface area contributed by atoms with Gasteiger partial charge >= 0.3 is 0 Å². The lowest BCUT2D eigenvalue weighted by atomic mass is 10.1. The summed E-state index contributed by atoms with van der Waals surface area (Å²) in [7, 11) is 0. The van der Waals surface area contributed by atoms with Gasteiger partial charge in [0.05, 0.1) is 18.4 Å². The Balaban J connectivity index is 2.17. The van der Waals surface area contributed by atoms with Gasteiger partial charge in [0.1, 0.15) is 5.75 Å². The predicted octanol–water partition coefficient (Wildman–Crippen LogP) is 2.53. The normalized spacial score (nSPS) is 10.3. The van der Waals surface area contributed by atoms with Gasteiger partial charge in [-0.25, -0.2) is 0 Å². The second-order valence-corrected chi connectivity index (χ2v) is 3.87. The third kappa shape index (κ3) is 2.59. The van der Waals surface area contributed by atoms with Gasteiger partial charge in [-0.3, -0.25) is 9.48 Å². The second kappa shape index (κ2) is 5.49. The molecule has 4 nitrogen and oxygen atoms in total. The van der Waals surface area contributed by atoms with Gasteiger partial charge in [-0.05, 0) is 38.1 Å². The van der Waals surface area contributed by atoms with E-state index in [0.717, 1.165) is 12.3 Å². The lowest BCUT2D eigenvalue weighted by Crippen LogP contribution is -2.00. The van der Waals surface area contributed by atoms with E-state index in [9.17, 15) is 4.79 Å². The highest BCUT2D eigenvalue weighted by atomic mass is 16.5. The van der Waals surface area contributed by atoms with Crippen molar-refractivity contribution >= 4 is 5.78 Å². The maximum atomic E-state index is 12.2. The maximum absolute atomic E-state index is 12.2. The Bertz CT molecular complexity index is 529. The Hall–Kier alpha value is -2.10. The summed E-state index contributed by atoms with van der Waals surface area (Å²) in [6, 6.07) is 7.16. The zero-order valence-electron chi connectivity index (χ0n) is 10.6. The van der Waals surface area contributed by atoms with Gasteiger partial charge in [0.15, 0.2) is 5.78 Å². The first-order valence-corrected chi connectivity index (χ1v) is 6.04. The van der Waals surface area contributed by atoms with Gasteiger partial charge in [-0.2, -0.15) is 5.10 Å². The minimum absolute atomic E-state index is 0.0160. The van der Waals surface area contributed by atoms with Crippen LogP contribution in [0, 0.1) is 0 Å². The number of hydrogen-bond acceptors (Lipinski definition) is 3. The number of nitrogens with zero attached hydrogens (tertiary/aromatic N) is 2. The van der Waals surface area contributed by atoms with Gasteiger partial charge in [-0.1, -0.05) is 0 Å². The molecule has 18 heavy (non-hydrogen) atoms. The summed E-state index contributed by atoms with van der Waals surface area (Å²) < 4.78 is 7.08. The summed E-state index contributed by atoms with van der Waals surface area (Å²) in [5, 5.41) is 4.10. The van der Waals surface area contributed by atoms with Gasteiger partial charge < -0.3 is 4.74 Å². The first-order chi connectivity index (χ1) is 8.74. The van der Waals surface area contributed by atoms with Crippen molar-refractivity contribution in [2.75, 3.05) is 6.61 Å². The fourth-order valence-corrected chi connectivity index (χ4v) is 1.69. The lowest BCUT2D eigenvalue weighted by Gasteiger charge is -2.03. The number of aryl methyl sites for hydroxylation is 1. The van der Waals surface area contributed by atoms with Crippen LogP contribution in [0.3, 0.4) is 0 Å². The summed E-state index contributed by atoms with van der Waals surface area (Å²) in [6.07, 6.45) is 3.36. The van der Waals surface area contributed by atoms with Gasteiger partial charge in [0, 0.05) is 18.3 Å². The van der Waals surface area contributed by atoms with Crippen LogP contribution in [0.1, 0.15) is 29.8 Å². The molecule has 0 atom stereocenters. The van der Waals surface area contributed by atoms with Crippen LogP contribution in [0.25, 0.3) is 0 Å². The maximum Gasteiger partial charge on any atom is 0.196 e. The highest BCUT2D eigenvalue weighted by Gasteiger charge is 2.11. The summed E-state index contributed by atoms with van der Waals surface area (Å²) >= 11 is 0. The Morgan fingerprint density at radius 3 is 2.50 bits per heavy atom. The number of rotatable bonds is 5. The predicted molar refractivity (Wildman–Crippen MR) is 68.9 cm³/mol. The fourth-order valence-electron chi connectivity index (χ4n) is 1.69. The number of carbonyl (C=O) groups is 1.